The molecule has 2 atom stereocenters. The van der Waals surface area contributed by atoms with Crippen LogP contribution in [0.4, 0.5) is 0 Å². The van der Waals surface area contributed by atoms with E-state index in [-0.39, 0.29) is 0 Å². The molecule has 3 aliphatic heterocycles. The van der Waals surface area contributed by atoms with Crippen molar-refractivity contribution in [2.24, 2.45) is 10.9 Å². The van der Waals surface area contributed by atoms with Crippen molar-refractivity contribution in [2.75, 3.05) is 58.9 Å². The van der Waals surface area contributed by atoms with E-state index >= 15 is 0 Å². The molecule has 0 aromatic rings. The second kappa shape index (κ2) is 10.5. The van der Waals surface area contributed by atoms with Crippen LogP contribution in [-0.4, -0.2) is 85.6 Å². The number of hydrogen-bond donors (Lipinski definition) is 1. The van der Waals surface area contributed by atoms with Gasteiger partial charge in [-0.05, 0) is 71.1 Å². The van der Waals surface area contributed by atoms with Gasteiger partial charge in [-0.15, -0.1) is 0 Å². The Morgan fingerprint density at radius 3 is 2.54 bits per heavy atom. The molecule has 0 aromatic heterocycles. The molecule has 0 spiro atoms. The van der Waals surface area contributed by atoms with Crippen LogP contribution in [0.3, 0.4) is 0 Å². The Balaban J connectivity index is 1.51. The van der Waals surface area contributed by atoms with Gasteiger partial charge in [-0.1, -0.05) is 19.8 Å². The normalized spacial score (nSPS) is 29.3. The van der Waals surface area contributed by atoms with Crippen molar-refractivity contribution in [2.45, 2.75) is 64.8 Å². The second-order valence-corrected chi connectivity index (χ2v) is 8.43. The van der Waals surface area contributed by atoms with Crippen molar-refractivity contribution < 1.29 is 0 Å². The lowest BCUT2D eigenvalue weighted by atomic mass is 10.0. The molecule has 26 heavy (non-hydrogen) atoms. The number of likely N-dealkylation sites (tertiary alicyclic amines) is 3. The zero-order valence-corrected chi connectivity index (χ0v) is 17.3. The minimum absolute atomic E-state index is 0.647. The minimum atomic E-state index is 0.647. The van der Waals surface area contributed by atoms with Crippen molar-refractivity contribution in [1.29, 1.82) is 0 Å². The van der Waals surface area contributed by atoms with Crippen LogP contribution in [0.25, 0.3) is 0 Å². The van der Waals surface area contributed by atoms with Gasteiger partial charge in [-0.3, -0.25) is 9.89 Å². The Kier molecular flexibility index (Phi) is 8.06. The lowest BCUT2D eigenvalue weighted by Crippen LogP contribution is -2.44. The monoisotopic (exact) mass is 363 g/mol. The summed E-state index contributed by atoms with van der Waals surface area (Å²) in [5, 5.41) is 3.56. The van der Waals surface area contributed by atoms with E-state index in [1.165, 1.54) is 90.8 Å². The third kappa shape index (κ3) is 5.59. The smallest absolute Gasteiger partial charge is 0.193 e. The highest BCUT2D eigenvalue weighted by atomic mass is 15.3. The highest BCUT2D eigenvalue weighted by molar-refractivity contribution is 5.80. The molecule has 3 fully saturated rings. The summed E-state index contributed by atoms with van der Waals surface area (Å²) in [6, 6.07) is 0.647. The molecule has 0 bridgehead atoms. The largest absolute Gasteiger partial charge is 0.357 e. The summed E-state index contributed by atoms with van der Waals surface area (Å²) < 4.78 is 0. The van der Waals surface area contributed by atoms with Crippen molar-refractivity contribution in [3.8, 4) is 0 Å². The summed E-state index contributed by atoms with van der Waals surface area (Å²) in [4.78, 5) is 12.9. The van der Waals surface area contributed by atoms with E-state index in [0.29, 0.717) is 6.04 Å². The number of aliphatic imine (C=N–C) groups is 1. The molecule has 1 N–H and O–H groups in total. The van der Waals surface area contributed by atoms with Crippen LogP contribution in [0, 0.1) is 5.92 Å². The lowest BCUT2D eigenvalue weighted by molar-refractivity contribution is 0.161. The fourth-order valence-electron chi connectivity index (χ4n) is 4.98. The number of hydrogen-bond acceptors (Lipinski definition) is 3. The Labute approximate surface area is 161 Å². The molecule has 0 amide bonds. The van der Waals surface area contributed by atoms with Crippen LogP contribution in [-0.2, 0) is 0 Å². The summed E-state index contributed by atoms with van der Waals surface area (Å²) in [5.74, 6) is 1.98. The molecule has 5 heteroatoms. The Hall–Kier alpha value is -0.810. The average molecular weight is 364 g/mol. The number of nitrogens with zero attached hydrogens (tertiary/aromatic N) is 4. The molecule has 150 valence electrons. The predicted octanol–water partition coefficient (Wildman–Crippen LogP) is 2.63. The Morgan fingerprint density at radius 2 is 1.77 bits per heavy atom. The number of nitrogens with one attached hydrogen (secondary N) is 1. The van der Waals surface area contributed by atoms with Crippen LogP contribution in [0.15, 0.2) is 4.99 Å². The van der Waals surface area contributed by atoms with Gasteiger partial charge in [0.05, 0.1) is 6.54 Å². The third-order valence-electron chi connectivity index (χ3n) is 6.49. The molecule has 3 saturated heterocycles. The third-order valence-corrected chi connectivity index (χ3v) is 6.49. The predicted molar refractivity (Wildman–Crippen MR) is 111 cm³/mol. The zero-order chi connectivity index (χ0) is 18.2. The first-order valence-corrected chi connectivity index (χ1v) is 11.3. The molecule has 0 aliphatic carbocycles. The summed E-state index contributed by atoms with van der Waals surface area (Å²) in [7, 11) is 0. The molecule has 5 nitrogen and oxygen atoms in total. The van der Waals surface area contributed by atoms with E-state index in [0.717, 1.165) is 25.0 Å². The van der Waals surface area contributed by atoms with E-state index in [1.807, 2.05) is 0 Å². The average Bonchev–Trinajstić information content (AvgIpc) is 3.14. The van der Waals surface area contributed by atoms with E-state index in [1.54, 1.807) is 0 Å². The first-order chi connectivity index (χ1) is 12.8. The van der Waals surface area contributed by atoms with Gasteiger partial charge in [0.1, 0.15) is 0 Å². The lowest BCUT2D eigenvalue weighted by Gasteiger charge is -2.34. The quantitative estimate of drug-likeness (QED) is 0.581. The maximum absolute atomic E-state index is 5.07. The van der Waals surface area contributed by atoms with Crippen LogP contribution < -0.4 is 5.32 Å². The zero-order valence-electron chi connectivity index (χ0n) is 17.3. The summed E-state index contributed by atoms with van der Waals surface area (Å²) in [6.07, 6.45) is 9.60. The van der Waals surface area contributed by atoms with E-state index in [9.17, 15) is 0 Å². The van der Waals surface area contributed by atoms with Gasteiger partial charge in [0, 0.05) is 32.2 Å². The van der Waals surface area contributed by atoms with E-state index in [4.69, 9.17) is 4.99 Å². The van der Waals surface area contributed by atoms with Crippen molar-refractivity contribution in [1.82, 2.24) is 20.0 Å². The van der Waals surface area contributed by atoms with Gasteiger partial charge in [-0.2, -0.15) is 0 Å². The number of guanidine groups is 1. The molecule has 0 saturated carbocycles. The summed E-state index contributed by atoms with van der Waals surface area (Å²) in [6.45, 7) is 15.1. The van der Waals surface area contributed by atoms with Gasteiger partial charge in [0.2, 0.25) is 0 Å². The maximum atomic E-state index is 5.07. The SMILES string of the molecule is CCNC(=NCC1CCCCN1CC)N1CCC(CN2CCCCC2)C1. The fraction of sp³-hybridized carbons (Fsp3) is 0.952. The van der Waals surface area contributed by atoms with Crippen molar-refractivity contribution in [3.63, 3.8) is 0 Å². The Morgan fingerprint density at radius 1 is 0.962 bits per heavy atom. The molecule has 0 radical (unpaired) electrons. The van der Waals surface area contributed by atoms with Crippen molar-refractivity contribution >= 4 is 5.96 Å². The van der Waals surface area contributed by atoms with Gasteiger partial charge in [0.25, 0.3) is 0 Å². The molecular formula is C21H41N5. The van der Waals surface area contributed by atoms with Gasteiger partial charge in [0.15, 0.2) is 5.96 Å². The fourth-order valence-corrected chi connectivity index (χ4v) is 4.98. The molecule has 2 unspecified atom stereocenters. The molecular weight excluding hydrogens is 322 g/mol. The standard InChI is InChI=1S/C21H41N5/c1-3-22-21(23-16-20-10-6-9-14-25(20)4-2)26-15-11-19(18-26)17-24-12-7-5-8-13-24/h19-20H,3-18H2,1-2H3,(H,22,23). The molecule has 3 aliphatic rings. The number of likely N-dealkylation sites (N-methyl/N-ethyl adjacent to an activating group) is 1. The van der Waals surface area contributed by atoms with Gasteiger partial charge >= 0.3 is 0 Å². The minimum Gasteiger partial charge on any atom is -0.357 e. The molecule has 3 rings (SSSR count). The highest BCUT2D eigenvalue weighted by Crippen LogP contribution is 2.21. The van der Waals surface area contributed by atoms with Crippen molar-refractivity contribution in [3.05, 3.63) is 0 Å². The van der Waals surface area contributed by atoms with Crippen LogP contribution in [0.1, 0.15) is 58.8 Å². The first-order valence-electron chi connectivity index (χ1n) is 11.3. The van der Waals surface area contributed by atoms with Crippen LogP contribution in [0.2, 0.25) is 0 Å². The second-order valence-electron chi connectivity index (χ2n) is 8.43. The summed E-state index contributed by atoms with van der Waals surface area (Å²) >= 11 is 0. The maximum Gasteiger partial charge on any atom is 0.193 e. The van der Waals surface area contributed by atoms with Crippen LogP contribution in [0.5, 0.6) is 0 Å². The van der Waals surface area contributed by atoms with Gasteiger partial charge < -0.3 is 15.1 Å². The topological polar surface area (TPSA) is 34.1 Å². The number of piperidine rings is 2. The van der Waals surface area contributed by atoms with E-state index < -0.39 is 0 Å². The highest BCUT2D eigenvalue weighted by Gasteiger charge is 2.27. The molecule has 3 heterocycles. The first kappa shape index (κ1) is 19.9. The van der Waals surface area contributed by atoms with Gasteiger partial charge in [-0.25, -0.2) is 0 Å². The Bertz CT molecular complexity index is 432. The van der Waals surface area contributed by atoms with Crippen LogP contribution >= 0.6 is 0 Å². The summed E-state index contributed by atoms with van der Waals surface area (Å²) in [5.41, 5.74) is 0. The number of rotatable bonds is 6. The molecule has 0 aromatic carbocycles. The van der Waals surface area contributed by atoms with E-state index in [2.05, 4.69) is 33.9 Å².